The normalized spacial score (nSPS) is 13.7. The lowest BCUT2D eigenvalue weighted by atomic mass is 10.0. The Hall–Kier alpha value is -2.83. The Labute approximate surface area is 155 Å². The molecule has 132 valence electrons. The number of hydrogen-bond acceptors (Lipinski definition) is 2. The van der Waals surface area contributed by atoms with Gasteiger partial charge in [0.05, 0.1) is 0 Å². The van der Waals surface area contributed by atoms with E-state index in [1.54, 1.807) is 6.08 Å². The highest BCUT2D eigenvalue weighted by Crippen LogP contribution is 2.27. The molecule has 0 heterocycles. The average Bonchev–Trinajstić information content (AvgIpc) is 3.46. The van der Waals surface area contributed by atoms with Crippen LogP contribution in [0.15, 0.2) is 48.5 Å². The van der Waals surface area contributed by atoms with Crippen LogP contribution in [0.3, 0.4) is 0 Å². The minimum atomic E-state index is -0.948. The molecule has 1 N–H and O–H groups in total. The first-order valence-electron chi connectivity index (χ1n) is 8.84. The van der Waals surface area contributed by atoms with Crippen LogP contribution >= 0.6 is 0 Å². The largest absolute Gasteiger partial charge is 0.478 e. The van der Waals surface area contributed by atoms with Crippen molar-refractivity contribution in [2.45, 2.75) is 32.4 Å². The summed E-state index contributed by atoms with van der Waals surface area (Å²) in [5.41, 5.74) is 5.29. The van der Waals surface area contributed by atoms with E-state index in [1.807, 2.05) is 24.3 Å². The number of carboxylic acid groups (broad SMARTS) is 1. The maximum Gasteiger partial charge on any atom is 0.328 e. The Bertz CT molecular complexity index is 881. The van der Waals surface area contributed by atoms with Gasteiger partial charge in [0.1, 0.15) is 0 Å². The maximum absolute atomic E-state index is 10.6. The highest BCUT2D eigenvalue weighted by Gasteiger charge is 2.25. The minimum Gasteiger partial charge on any atom is -0.478 e. The second-order valence-electron chi connectivity index (χ2n) is 6.84. The smallest absolute Gasteiger partial charge is 0.328 e. The SMILES string of the molecule is Cc1ccc(CN(C)C2CC2)cc1C#Cc1ccc(C=CC(=O)O)cc1. The molecule has 0 aliphatic heterocycles. The summed E-state index contributed by atoms with van der Waals surface area (Å²) in [4.78, 5) is 13.0. The number of rotatable bonds is 5. The van der Waals surface area contributed by atoms with E-state index in [4.69, 9.17) is 5.11 Å². The molecule has 0 amide bonds. The van der Waals surface area contributed by atoms with Crippen LogP contribution in [0.25, 0.3) is 6.08 Å². The molecule has 1 aliphatic rings. The van der Waals surface area contributed by atoms with E-state index in [1.165, 1.54) is 24.0 Å². The molecule has 0 unspecified atom stereocenters. The van der Waals surface area contributed by atoms with Gasteiger partial charge in [0.25, 0.3) is 0 Å². The third-order valence-electron chi connectivity index (χ3n) is 4.57. The number of carbonyl (C=O) groups is 1. The summed E-state index contributed by atoms with van der Waals surface area (Å²) < 4.78 is 0. The van der Waals surface area contributed by atoms with Crippen LogP contribution in [0.5, 0.6) is 0 Å². The van der Waals surface area contributed by atoms with Gasteiger partial charge in [0.2, 0.25) is 0 Å². The molecule has 0 spiro atoms. The van der Waals surface area contributed by atoms with E-state index in [2.05, 4.69) is 48.9 Å². The number of benzene rings is 2. The fraction of sp³-hybridized carbons (Fsp3) is 0.261. The zero-order valence-electron chi connectivity index (χ0n) is 15.2. The van der Waals surface area contributed by atoms with Crippen molar-refractivity contribution >= 4 is 12.0 Å². The van der Waals surface area contributed by atoms with Crippen molar-refractivity contribution in [3.8, 4) is 11.8 Å². The zero-order valence-corrected chi connectivity index (χ0v) is 15.2. The van der Waals surface area contributed by atoms with Crippen LogP contribution in [0, 0.1) is 18.8 Å². The Morgan fingerprint density at radius 2 is 1.92 bits per heavy atom. The zero-order chi connectivity index (χ0) is 18.5. The van der Waals surface area contributed by atoms with Crippen molar-refractivity contribution in [2.24, 2.45) is 0 Å². The molecule has 3 nitrogen and oxygen atoms in total. The Morgan fingerprint density at radius 1 is 1.19 bits per heavy atom. The number of aryl methyl sites for hydroxylation is 1. The van der Waals surface area contributed by atoms with E-state index in [0.717, 1.165) is 35.4 Å². The number of aliphatic carboxylic acids is 1. The van der Waals surface area contributed by atoms with Crippen molar-refractivity contribution in [3.63, 3.8) is 0 Å². The topological polar surface area (TPSA) is 40.5 Å². The van der Waals surface area contributed by atoms with Crippen LogP contribution in [0.2, 0.25) is 0 Å². The molecular formula is C23H23NO2. The monoisotopic (exact) mass is 345 g/mol. The lowest BCUT2D eigenvalue weighted by Gasteiger charge is -2.16. The molecule has 2 aromatic carbocycles. The van der Waals surface area contributed by atoms with E-state index >= 15 is 0 Å². The fourth-order valence-electron chi connectivity index (χ4n) is 2.82. The highest BCUT2D eigenvalue weighted by molar-refractivity contribution is 5.85. The summed E-state index contributed by atoms with van der Waals surface area (Å²) in [7, 11) is 2.18. The number of carboxylic acids is 1. The average molecular weight is 345 g/mol. The second-order valence-corrected chi connectivity index (χ2v) is 6.84. The predicted octanol–water partition coefficient (Wildman–Crippen LogP) is 4.09. The van der Waals surface area contributed by atoms with Gasteiger partial charge in [-0.1, -0.05) is 36.1 Å². The molecule has 0 bridgehead atoms. The summed E-state index contributed by atoms with van der Waals surface area (Å²) in [6.45, 7) is 3.04. The van der Waals surface area contributed by atoms with E-state index in [0.29, 0.717) is 0 Å². The number of hydrogen-bond donors (Lipinski definition) is 1. The quantitative estimate of drug-likeness (QED) is 0.655. The van der Waals surface area contributed by atoms with Crippen LogP contribution in [-0.4, -0.2) is 29.1 Å². The van der Waals surface area contributed by atoms with Crippen LogP contribution in [0.1, 0.15) is 40.7 Å². The van der Waals surface area contributed by atoms with Gasteiger partial charge in [-0.2, -0.15) is 0 Å². The van der Waals surface area contributed by atoms with Gasteiger partial charge in [-0.3, -0.25) is 4.90 Å². The van der Waals surface area contributed by atoms with Gasteiger partial charge in [-0.25, -0.2) is 4.79 Å². The first kappa shape index (κ1) is 18.0. The second kappa shape index (κ2) is 8.03. The summed E-state index contributed by atoms with van der Waals surface area (Å²) in [6.07, 6.45) is 5.33. The highest BCUT2D eigenvalue weighted by atomic mass is 16.4. The molecule has 0 saturated heterocycles. The first-order valence-corrected chi connectivity index (χ1v) is 8.84. The molecule has 0 atom stereocenters. The summed E-state index contributed by atoms with van der Waals surface area (Å²) >= 11 is 0. The molecule has 1 aliphatic carbocycles. The van der Waals surface area contributed by atoms with Crippen molar-refractivity contribution in [1.29, 1.82) is 0 Å². The predicted molar refractivity (Wildman–Crippen MR) is 105 cm³/mol. The van der Waals surface area contributed by atoms with E-state index in [9.17, 15) is 4.79 Å². The molecule has 2 aromatic rings. The van der Waals surface area contributed by atoms with Crippen molar-refractivity contribution in [1.82, 2.24) is 4.90 Å². The first-order chi connectivity index (χ1) is 12.5. The molecular weight excluding hydrogens is 322 g/mol. The summed E-state index contributed by atoms with van der Waals surface area (Å²) in [6, 6.07) is 14.8. The lowest BCUT2D eigenvalue weighted by Crippen LogP contribution is -2.19. The van der Waals surface area contributed by atoms with Gasteiger partial charge in [0, 0.05) is 29.8 Å². The molecule has 3 rings (SSSR count). The fourth-order valence-corrected chi connectivity index (χ4v) is 2.82. The van der Waals surface area contributed by atoms with Gasteiger partial charge in [0.15, 0.2) is 0 Å². The third kappa shape index (κ3) is 5.08. The van der Waals surface area contributed by atoms with Crippen molar-refractivity contribution in [2.75, 3.05) is 7.05 Å². The lowest BCUT2D eigenvalue weighted by molar-refractivity contribution is -0.131. The third-order valence-corrected chi connectivity index (χ3v) is 4.57. The molecule has 1 saturated carbocycles. The van der Waals surface area contributed by atoms with Gasteiger partial charge >= 0.3 is 5.97 Å². The Kier molecular flexibility index (Phi) is 5.55. The van der Waals surface area contributed by atoms with Crippen LogP contribution < -0.4 is 0 Å². The van der Waals surface area contributed by atoms with E-state index in [-0.39, 0.29) is 0 Å². The molecule has 0 radical (unpaired) electrons. The van der Waals surface area contributed by atoms with Crippen molar-refractivity contribution < 1.29 is 9.90 Å². The molecule has 0 aromatic heterocycles. The van der Waals surface area contributed by atoms with Crippen LogP contribution in [-0.2, 0) is 11.3 Å². The van der Waals surface area contributed by atoms with Crippen molar-refractivity contribution in [3.05, 3.63) is 76.4 Å². The number of nitrogens with zero attached hydrogens (tertiary/aromatic N) is 1. The van der Waals surface area contributed by atoms with E-state index < -0.39 is 5.97 Å². The van der Waals surface area contributed by atoms with Gasteiger partial charge in [-0.15, -0.1) is 0 Å². The summed E-state index contributed by atoms with van der Waals surface area (Å²) in [5, 5.41) is 8.66. The standard InChI is InChI=1S/C23H23NO2/c1-17-3-4-20(16-24(2)22-12-13-22)15-21(17)11-9-18-5-7-19(8-6-18)10-14-23(25)26/h3-8,10,14-15,22H,12-13,16H2,1-2H3,(H,25,26). The summed E-state index contributed by atoms with van der Waals surface area (Å²) in [5.74, 6) is 5.53. The molecule has 3 heteroatoms. The van der Waals surface area contributed by atoms with Gasteiger partial charge in [-0.05, 0) is 67.8 Å². The Balaban J connectivity index is 1.73. The Morgan fingerprint density at radius 3 is 2.58 bits per heavy atom. The minimum absolute atomic E-state index is 0.750. The van der Waals surface area contributed by atoms with Crippen LogP contribution in [0.4, 0.5) is 0 Å². The molecule has 26 heavy (non-hydrogen) atoms. The van der Waals surface area contributed by atoms with Gasteiger partial charge < -0.3 is 5.11 Å². The molecule has 1 fully saturated rings. The maximum atomic E-state index is 10.6.